The van der Waals surface area contributed by atoms with Crippen LogP contribution in [0.3, 0.4) is 0 Å². The van der Waals surface area contributed by atoms with Gasteiger partial charge in [-0.15, -0.1) is 11.3 Å². The Morgan fingerprint density at radius 2 is 1.71 bits per heavy atom. The summed E-state index contributed by atoms with van der Waals surface area (Å²) in [6.07, 6.45) is 0.235. The van der Waals surface area contributed by atoms with Crippen LogP contribution in [0.4, 0.5) is 5.00 Å². The molecule has 0 unspecified atom stereocenters. The molecule has 1 heterocycles. The largest absolute Gasteiger partial charge is 0.497 e. The highest BCUT2D eigenvalue weighted by atomic mass is 32.1. The lowest BCUT2D eigenvalue weighted by Gasteiger charge is -2.05. The van der Waals surface area contributed by atoms with Gasteiger partial charge in [0.15, 0.2) is 0 Å². The molecule has 3 aromatic rings. The Kier molecular flexibility index (Phi) is 6.45. The number of carbonyl (C=O) groups excluding carboxylic acids is 2. The maximum Gasteiger partial charge on any atom is 0.338 e. The highest BCUT2D eigenvalue weighted by Gasteiger charge is 2.10. The van der Waals surface area contributed by atoms with Crippen LogP contribution in [0, 0.1) is 0 Å². The first-order valence-electron chi connectivity index (χ1n) is 8.88. The van der Waals surface area contributed by atoms with E-state index in [0.29, 0.717) is 12.2 Å². The molecule has 0 aliphatic rings. The van der Waals surface area contributed by atoms with Gasteiger partial charge in [-0.2, -0.15) is 0 Å². The lowest BCUT2D eigenvalue weighted by molar-refractivity contribution is -0.115. The minimum atomic E-state index is -0.358. The molecule has 0 aliphatic heterocycles. The molecule has 0 aliphatic carbocycles. The van der Waals surface area contributed by atoms with Crippen molar-refractivity contribution in [3.05, 3.63) is 71.1 Å². The molecule has 1 aromatic heterocycles. The number of amides is 1. The van der Waals surface area contributed by atoms with Gasteiger partial charge in [-0.05, 0) is 53.9 Å². The third-order valence-electron chi connectivity index (χ3n) is 4.12. The molecule has 0 radical (unpaired) electrons. The van der Waals surface area contributed by atoms with Gasteiger partial charge < -0.3 is 14.8 Å². The zero-order chi connectivity index (χ0) is 19.9. The summed E-state index contributed by atoms with van der Waals surface area (Å²) in [5.41, 5.74) is 3.42. The maximum absolute atomic E-state index is 12.3. The van der Waals surface area contributed by atoms with Crippen LogP contribution in [0.2, 0.25) is 0 Å². The number of thiophene rings is 1. The minimum Gasteiger partial charge on any atom is -0.497 e. The number of nitrogens with one attached hydrogen (secondary N) is 1. The zero-order valence-corrected chi connectivity index (χ0v) is 16.5. The number of benzene rings is 2. The van der Waals surface area contributed by atoms with Crippen molar-refractivity contribution in [3.63, 3.8) is 0 Å². The van der Waals surface area contributed by atoms with Crippen LogP contribution < -0.4 is 10.1 Å². The van der Waals surface area contributed by atoms with Crippen LogP contribution in [0.15, 0.2) is 60.0 Å². The summed E-state index contributed by atoms with van der Waals surface area (Å²) in [4.78, 5) is 24.0. The quantitative estimate of drug-likeness (QED) is 0.585. The van der Waals surface area contributed by atoms with Crippen LogP contribution in [-0.2, 0) is 16.0 Å². The summed E-state index contributed by atoms with van der Waals surface area (Å²) in [7, 11) is 1.64. The van der Waals surface area contributed by atoms with Crippen LogP contribution in [0.5, 0.6) is 5.75 Å². The van der Waals surface area contributed by atoms with Crippen molar-refractivity contribution >= 4 is 28.2 Å². The van der Waals surface area contributed by atoms with Gasteiger partial charge in [0.1, 0.15) is 5.75 Å². The number of ether oxygens (including phenoxy) is 2. The molecular formula is C22H21NO4S. The van der Waals surface area contributed by atoms with Gasteiger partial charge in [0, 0.05) is 5.38 Å². The van der Waals surface area contributed by atoms with Gasteiger partial charge in [0.2, 0.25) is 5.91 Å². The molecule has 0 fully saturated rings. The fourth-order valence-corrected chi connectivity index (χ4v) is 3.50. The molecule has 2 aromatic carbocycles. The van der Waals surface area contributed by atoms with E-state index in [1.54, 1.807) is 38.3 Å². The van der Waals surface area contributed by atoms with Gasteiger partial charge in [-0.25, -0.2) is 4.79 Å². The normalized spacial score (nSPS) is 10.4. The molecule has 0 bridgehead atoms. The number of carbonyl (C=O) groups is 2. The Bertz CT molecular complexity index is 945. The summed E-state index contributed by atoms with van der Waals surface area (Å²) < 4.78 is 10.1. The highest BCUT2D eigenvalue weighted by Crippen LogP contribution is 2.30. The number of hydrogen-bond acceptors (Lipinski definition) is 5. The second kappa shape index (κ2) is 9.19. The summed E-state index contributed by atoms with van der Waals surface area (Å²) in [5, 5.41) is 5.72. The first-order chi connectivity index (χ1) is 13.6. The van der Waals surface area contributed by atoms with Crippen LogP contribution >= 0.6 is 11.3 Å². The topological polar surface area (TPSA) is 64.6 Å². The third-order valence-corrected chi connectivity index (χ3v) is 4.96. The van der Waals surface area contributed by atoms with Gasteiger partial charge in [0.05, 0.1) is 30.7 Å². The van der Waals surface area contributed by atoms with E-state index in [4.69, 9.17) is 9.47 Å². The van der Waals surface area contributed by atoms with Crippen molar-refractivity contribution in [3.8, 4) is 16.9 Å². The number of hydrogen-bond donors (Lipinski definition) is 1. The standard InChI is InChI=1S/C22H21NO4S/c1-3-27-22(25)17-6-4-15(5-7-17)12-20(24)23-21-13-18(14-28-21)16-8-10-19(26-2)11-9-16/h4-11,13-14H,3,12H2,1-2H3,(H,23,24). The molecule has 28 heavy (non-hydrogen) atoms. The van der Waals surface area contributed by atoms with Crippen LogP contribution in [0.1, 0.15) is 22.8 Å². The minimum absolute atomic E-state index is 0.105. The average molecular weight is 395 g/mol. The molecule has 5 nitrogen and oxygen atoms in total. The van der Waals surface area contributed by atoms with Crippen molar-refractivity contribution in [2.75, 3.05) is 19.0 Å². The maximum atomic E-state index is 12.3. The first kappa shape index (κ1) is 19.6. The van der Waals surface area contributed by atoms with Crippen molar-refractivity contribution in [1.82, 2.24) is 0 Å². The van der Waals surface area contributed by atoms with Gasteiger partial charge >= 0.3 is 5.97 Å². The number of methoxy groups -OCH3 is 1. The fourth-order valence-electron chi connectivity index (χ4n) is 2.68. The van der Waals surface area contributed by atoms with E-state index in [1.807, 2.05) is 35.7 Å². The summed E-state index contributed by atoms with van der Waals surface area (Å²) in [6, 6.07) is 16.6. The monoisotopic (exact) mass is 395 g/mol. The second-order valence-corrected chi connectivity index (χ2v) is 6.98. The van der Waals surface area contributed by atoms with Gasteiger partial charge in [-0.3, -0.25) is 4.79 Å². The lowest BCUT2D eigenvalue weighted by atomic mass is 10.1. The van der Waals surface area contributed by atoms with E-state index in [2.05, 4.69) is 5.32 Å². The predicted octanol–water partition coefficient (Wildman–Crippen LogP) is 4.78. The van der Waals surface area contributed by atoms with E-state index in [9.17, 15) is 9.59 Å². The van der Waals surface area contributed by atoms with E-state index in [-0.39, 0.29) is 18.3 Å². The summed E-state index contributed by atoms with van der Waals surface area (Å²) in [6.45, 7) is 2.10. The molecule has 3 rings (SSSR count). The second-order valence-electron chi connectivity index (χ2n) is 6.07. The van der Waals surface area contributed by atoms with Gasteiger partial charge in [-0.1, -0.05) is 24.3 Å². The number of anilines is 1. The number of rotatable bonds is 7. The lowest BCUT2D eigenvalue weighted by Crippen LogP contribution is -2.13. The SMILES string of the molecule is CCOC(=O)c1ccc(CC(=O)Nc2cc(-c3ccc(OC)cc3)cs2)cc1. The van der Waals surface area contributed by atoms with E-state index < -0.39 is 0 Å². The Balaban J connectivity index is 1.59. The van der Waals surface area contributed by atoms with Crippen molar-refractivity contribution in [2.45, 2.75) is 13.3 Å². The first-order valence-corrected chi connectivity index (χ1v) is 9.76. The van der Waals surface area contributed by atoms with E-state index in [1.165, 1.54) is 11.3 Å². The molecule has 6 heteroatoms. The van der Waals surface area contributed by atoms with Crippen molar-refractivity contribution in [1.29, 1.82) is 0 Å². The Hall–Kier alpha value is -3.12. The molecule has 0 atom stereocenters. The molecule has 0 saturated heterocycles. The smallest absolute Gasteiger partial charge is 0.338 e. The fraction of sp³-hybridized carbons (Fsp3) is 0.182. The summed E-state index contributed by atoms with van der Waals surface area (Å²) in [5.74, 6) is 0.344. The third kappa shape index (κ3) is 4.98. The molecule has 0 spiro atoms. The average Bonchev–Trinajstić information content (AvgIpc) is 3.17. The molecular weight excluding hydrogens is 374 g/mol. The number of esters is 1. The van der Waals surface area contributed by atoms with E-state index >= 15 is 0 Å². The zero-order valence-electron chi connectivity index (χ0n) is 15.7. The predicted molar refractivity (Wildman–Crippen MR) is 111 cm³/mol. The molecule has 0 saturated carbocycles. The highest BCUT2D eigenvalue weighted by molar-refractivity contribution is 7.14. The van der Waals surface area contributed by atoms with Crippen molar-refractivity contribution in [2.24, 2.45) is 0 Å². The summed E-state index contributed by atoms with van der Waals surface area (Å²) >= 11 is 1.48. The Morgan fingerprint density at radius 3 is 2.36 bits per heavy atom. The van der Waals surface area contributed by atoms with Gasteiger partial charge in [0.25, 0.3) is 0 Å². The van der Waals surface area contributed by atoms with Crippen LogP contribution in [0.25, 0.3) is 11.1 Å². The molecule has 144 valence electrons. The van der Waals surface area contributed by atoms with E-state index in [0.717, 1.165) is 27.4 Å². The Morgan fingerprint density at radius 1 is 1.00 bits per heavy atom. The molecule has 1 N–H and O–H groups in total. The van der Waals surface area contributed by atoms with Crippen LogP contribution in [-0.4, -0.2) is 25.6 Å². The van der Waals surface area contributed by atoms with Crippen molar-refractivity contribution < 1.29 is 19.1 Å². The molecule has 1 amide bonds. The Labute approximate surface area is 167 Å².